The van der Waals surface area contributed by atoms with Crippen molar-refractivity contribution < 1.29 is 33.4 Å². The molecule has 37 heavy (non-hydrogen) atoms. The molecule has 0 heterocycles. The fourth-order valence-electron chi connectivity index (χ4n) is 3.20. The monoisotopic (exact) mass is 514 g/mol. The largest absolute Gasteiger partial charge is 0.445 e. The highest BCUT2D eigenvalue weighted by atomic mass is 16.6. The van der Waals surface area contributed by atoms with Crippen LogP contribution in [0.3, 0.4) is 0 Å². The van der Waals surface area contributed by atoms with Crippen molar-refractivity contribution >= 4 is 24.1 Å². The fourth-order valence-corrected chi connectivity index (χ4v) is 3.20. The Morgan fingerprint density at radius 1 is 0.649 bits per heavy atom. The number of carbonyl (C=O) groups is 4. The molecule has 0 fully saturated rings. The van der Waals surface area contributed by atoms with Crippen LogP contribution in [0.2, 0.25) is 0 Å². The molecule has 0 saturated carbocycles. The van der Waals surface area contributed by atoms with Crippen molar-refractivity contribution in [1.82, 2.24) is 10.6 Å². The first kappa shape index (κ1) is 29.3. The molecular formula is C26H34N4O7. The van der Waals surface area contributed by atoms with E-state index in [9.17, 15) is 19.2 Å². The van der Waals surface area contributed by atoms with E-state index in [0.29, 0.717) is 12.8 Å². The molecule has 2 aromatic carbocycles. The van der Waals surface area contributed by atoms with Crippen LogP contribution in [0.25, 0.3) is 0 Å². The minimum absolute atomic E-state index is 0.000433. The molecule has 0 aliphatic rings. The number of amides is 2. The Hall–Kier alpha value is -3.96. The van der Waals surface area contributed by atoms with Crippen LogP contribution in [-0.4, -0.2) is 49.3 Å². The first-order valence-corrected chi connectivity index (χ1v) is 12.0. The van der Waals surface area contributed by atoms with Gasteiger partial charge in [-0.25, -0.2) is 19.2 Å². The van der Waals surface area contributed by atoms with Gasteiger partial charge in [0.05, 0.1) is 0 Å². The molecule has 11 nitrogen and oxygen atoms in total. The number of benzene rings is 2. The Labute approximate surface area is 215 Å². The van der Waals surface area contributed by atoms with Crippen molar-refractivity contribution in [2.75, 3.05) is 13.1 Å². The molecule has 11 heteroatoms. The van der Waals surface area contributed by atoms with E-state index >= 15 is 0 Å². The van der Waals surface area contributed by atoms with Crippen molar-refractivity contribution in [3.05, 3.63) is 71.8 Å². The van der Waals surface area contributed by atoms with Crippen molar-refractivity contribution in [3.63, 3.8) is 0 Å². The maximum absolute atomic E-state index is 12.7. The number of nitrogens with one attached hydrogen (secondary N) is 2. The van der Waals surface area contributed by atoms with E-state index in [2.05, 4.69) is 10.6 Å². The van der Waals surface area contributed by atoms with Gasteiger partial charge in [-0.3, -0.25) is 0 Å². The van der Waals surface area contributed by atoms with Gasteiger partial charge >= 0.3 is 24.1 Å². The second-order valence-electron chi connectivity index (χ2n) is 8.12. The molecular weight excluding hydrogens is 480 g/mol. The van der Waals surface area contributed by atoms with Crippen molar-refractivity contribution in [2.45, 2.75) is 51.0 Å². The molecule has 2 rings (SSSR count). The lowest BCUT2D eigenvalue weighted by Gasteiger charge is -2.20. The first-order chi connectivity index (χ1) is 17.9. The summed E-state index contributed by atoms with van der Waals surface area (Å²) in [5, 5.41) is 4.83. The van der Waals surface area contributed by atoms with Crippen LogP contribution in [0.15, 0.2) is 60.7 Å². The van der Waals surface area contributed by atoms with Crippen molar-refractivity contribution in [3.8, 4) is 0 Å². The van der Waals surface area contributed by atoms with Gasteiger partial charge in [0.2, 0.25) is 0 Å². The molecule has 2 atom stereocenters. The number of alkyl carbamates (subject to hydrolysis) is 2. The summed E-state index contributed by atoms with van der Waals surface area (Å²) >= 11 is 0. The molecule has 0 aliphatic heterocycles. The minimum atomic E-state index is -1.17. The third-order valence-corrected chi connectivity index (χ3v) is 5.17. The second-order valence-corrected chi connectivity index (χ2v) is 8.12. The minimum Gasteiger partial charge on any atom is -0.445 e. The topological polar surface area (TPSA) is 172 Å². The van der Waals surface area contributed by atoms with Gasteiger partial charge in [0.25, 0.3) is 0 Å². The number of ether oxygens (including phenoxy) is 3. The third-order valence-electron chi connectivity index (χ3n) is 5.17. The molecule has 0 spiro atoms. The van der Waals surface area contributed by atoms with E-state index in [1.165, 1.54) is 0 Å². The maximum Gasteiger partial charge on any atom is 0.408 e. The van der Waals surface area contributed by atoms with Gasteiger partial charge in [-0.15, -0.1) is 0 Å². The highest BCUT2D eigenvalue weighted by Crippen LogP contribution is 2.07. The Bertz CT molecular complexity index is 909. The van der Waals surface area contributed by atoms with Crippen LogP contribution in [0.1, 0.15) is 36.8 Å². The number of carbonyl (C=O) groups excluding carboxylic acids is 4. The number of esters is 2. The lowest BCUT2D eigenvalue weighted by Crippen LogP contribution is -2.47. The van der Waals surface area contributed by atoms with Crippen molar-refractivity contribution in [1.29, 1.82) is 0 Å². The Morgan fingerprint density at radius 2 is 1.03 bits per heavy atom. The van der Waals surface area contributed by atoms with Crippen molar-refractivity contribution in [2.24, 2.45) is 11.5 Å². The summed E-state index contributed by atoms with van der Waals surface area (Å²) in [7, 11) is 0. The molecule has 0 saturated heterocycles. The van der Waals surface area contributed by atoms with E-state index in [0.717, 1.165) is 11.1 Å². The molecule has 2 aromatic rings. The van der Waals surface area contributed by atoms with Gasteiger partial charge in [-0.05, 0) is 49.9 Å². The van der Waals surface area contributed by atoms with Gasteiger partial charge in [0, 0.05) is 0 Å². The average Bonchev–Trinajstić information content (AvgIpc) is 2.92. The van der Waals surface area contributed by atoms with Crippen LogP contribution in [0, 0.1) is 0 Å². The molecule has 0 unspecified atom stereocenters. The Kier molecular flexibility index (Phi) is 13.2. The fraction of sp³-hybridized carbons (Fsp3) is 0.385. The SMILES string of the molecule is NCCC[C@H](NC(=O)OCc1ccccc1)C(=O)OC(=O)[C@H](CCCN)NC(=O)OCc1ccccc1. The lowest BCUT2D eigenvalue weighted by molar-refractivity contribution is -0.162. The van der Waals surface area contributed by atoms with Gasteiger partial charge in [-0.1, -0.05) is 60.7 Å². The van der Waals surface area contributed by atoms with E-state index in [-0.39, 0.29) is 39.1 Å². The number of nitrogens with two attached hydrogens (primary N) is 2. The Morgan fingerprint density at radius 3 is 1.38 bits per heavy atom. The summed E-state index contributed by atoms with van der Waals surface area (Å²) in [6.45, 7) is 0.514. The van der Waals surface area contributed by atoms with E-state index in [1.807, 2.05) is 12.1 Å². The normalized spacial score (nSPS) is 12.1. The smallest absolute Gasteiger partial charge is 0.408 e. The summed E-state index contributed by atoms with van der Waals surface area (Å²) in [6, 6.07) is 15.7. The van der Waals surface area contributed by atoms with Crippen LogP contribution in [-0.2, 0) is 37.0 Å². The standard InChI is InChI=1S/C26H34N4O7/c27-15-7-13-21(29-25(33)35-17-19-9-3-1-4-10-19)23(31)37-24(32)22(14-8-16-28)30-26(34)36-18-20-11-5-2-6-12-20/h1-6,9-12,21-22H,7-8,13-18,27-28H2,(H,29,33)(H,30,34)/t21-,22-/m0/s1. The van der Waals surface area contributed by atoms with E-state index in [4.69, 9.17) is 25.7 Å². The summed E-state index contributed by atoms with van der Waals surface area (Å²) in [5.74, 6) is -1.99. The number of rotatable bonds is 14. The first-order valence-electron chi connectivity index (χ1n) is 12.0. The molecule has 0 bridgehead atoms. The lowest BCUT2D eigenvalue weighted by atomic mass is 10.1. The van der Waals surface area contributed by atoms with E-state index in [1.54, 1.807) is 48.5 Å². The zero-order valence-electron chi connectivity index (χ0n) is 20.6. The number of hydrogen-bond acceptors (Lipinski definition) is 9. The summed E-state index contributed by atoms with van der Waals surface area (Å²) in [6.07, 6.45) is -0.678. The zero-order chi connectivity index (χ0) is 26.9. The third kappa shape index (κ3) is 11.5. The molecule has 0 aromatic heterocycles. The van der Waals surface area contributed by atoms with Gasteiger partial charge in [0.1, 0.15) is 25.3 Å². The number of hydrogen-bond donors (Lipinski definition) is 4. The quantitative estimate of drug-likeness (QED) is 0.167. The van der Waals surface area contributed by atoms with Gasteiger partial charge in [-0.2, -0.15) is 0 Å². The molecule has 0 radical (unpaired) electrons. The second kappa shape index (κ2) is 16.7. The molecule has 200 valence electrons. The predicted molar refractivity (Wildman–Crippen MR) is 135 cm³/mol. The highest BCUT2D eigenvalue weighted by Gasteiger charge is 2.29. The van der Waals surface area contributed by atoms with E-state index < -0.39 is 36.2 Å². The maximum atomic E-state index is 12.7. The Balaban J connectivity index is 1.93. The molecule has 6 N–H and O–H groups in total. The average molecular weight is 515 g/mol. The summed E-state index contributed by atoms with van der Waals surface area (Å²) < 4.78 is 15.3. The molecule has 2 amide bonds. The van der Waals surface area contributed by atoms with Crippen LogP contribution in [0.5, 0.6) is 0 Å². The van der Waals surface area contributed by atoms with Crippen LogP contribution in [0.4, 0.5) is 9.59 Å². The van der Waals surface area contributed by atoms with Gasteiger partial charge < -0.3 is 36.3 Å². The summed E-state index contributed by atoms with van der Waals surface area (Å²) in [4.78, 5) is 49.9. The van der Waals surface area contributed by atoms with Gasteiger partial charge in [0.15, 0.2) is 0 Å². The summed E-state index contributed by atoms with van der Waals surface area (Å²) in [5.41, 5.74) is 12.6. The van der Waals surface area contributed by atoms with Crippen LogP contribution < -0.4 is 22.1 Å². The highest BCUT2D eigenvalue weighted by molar-refractivity contribution is 5.93. The predicted octanol–water partition coefficient (Wildman–Crippen LogP) is 2.12. The van der Waals surface area contributed by atoms with Crippen LogP contribution >= 0.6 is 0 Å². The zero-order valence-corrected chi connectivity index (χ0v) is 20.6. The molecule has 0 aliphatic carbocycles.